The number of aliphatic hydroxyl groups is 1. The molecule has 0 fully saturated rings. The Morgan fingerprint density at radius 3 is 2.69 bits per heavy atom. The molecule has 1 unspecified atom stereocenters. The van der Waals surface area contributed by atoms with Crippen LogP contribution in [0.25, 0.3) is 11.0 Å². The summed E-state index contributed by atoms with van der Waals surface area (Å²) in [6, 6.07) is 24.5. The third-order valence-electron chi connectivity index (χ3n) is 5.24. The Morgan fingerprint density at radius 2 is 1.88 bits per heavy atom. The predicted octanol–water partition coefficient (Wildman–Crippen LogP) is 5.81. The first-order valence-electron chi connectivity index (χ1n) is 10.8. The third kappa shape index (κ3) is 5.42. The van der Waals surface area contributed by atoms with Crippen LogP contribution in [0.2, 0.25) is 0 Å². The molecule has 1 aromatic heterocycles. The van der Waals surface area contributed by atoms with Crippen LogP contribution in [0.3, 0.4) is 0 Å². The highest BCUT2D eigenvalue weighted by Crippen LogP contribution is 2.27. The van der Waals surface area contributed by atoms with Crippen molar-refractivity contribution in [1.29, 1.82) is 0 Å². The highest BCUT2D eigenvalue weighted by molar-refractivity contribution is 7.98. The van der Waals surface area contributed by atoms with Crippen LogP contribution in [0.1, 0.15) is 16.7 Å². The van der Waals surface area contributed by atoms with Crippen molar-refractivity contribution < 1.29 is 9.84 Å². The maximum atomic E-state index is 10.8. The van der Waals surface area contributed by atoms with Gasteiger partial charge in [-0.25, -0.2) is 4.98 Å². The molecule has 1 atom stereocenters. The molecular formula is C27H28N2O2S. The summed E-state index contributed by atoms with van der Waals surface area (Å²) >= 11 is 1.68. The van der Waals surface area contributed by atoms with Gasteiger partial charge in [0.25, 0.3) is 0 Å². The quantitative estimate of drug-likeness (QED) is 0.248. The van der Waals surface area contributed by atoms with Crippen molar-refractivity contribution in [2.45, 2.75) is 36.9 Å². The number of para-hydroxylation sites is 2. The fraction of sp³-hybridized carbons (Fsp3) is 0.222. The van der Waals surface area contributed by atoms with E-state index in [0.717, 1.165) is 39.7 Å². The highest BCUT2D eigenvalue weighted by atomic mass is 32.2. The molecular weight excluding hydrogens is 416 g/mol. The first-order chi connectivity index (χ1) is 15.6. The summed E-state index contributed by atoms with van der Waals surface area (Å²) < 4.78 is 8.09. The van der Waals surface area contributed by atoms with Gasteiger partial charge in [0.1, 0.15) is 18.5 Å². The second-order valence-electron chi connectivity index (χ2n) is 7.84. The number of imidazole rings is 1. The van der Waals surface area contributed by atoms with Crippen molar-refractivity contribution in [2.75, 3.05) is 6.61 Å². The van der Waals surface area contributed by atoms with Crippen LogP contribution in [0, 0.1) is 6.92 Å². The first-order valence-corrected chi connectivity index (χ1v) is 11.8. The molecule has 1 heterocycles. The number of aromatic nitrogens is 2. The number of rotatable bonds is 10. The number of aliphatic hydroxyl groups excluding tert-OH is 1. The van der Waals surface area contributed by atoms with Gasteiger partial charge >= 0.3 is 0 Å². The van der Waals surface area contributed by atoms with Gasteiger partial charge in [-0.15, -0.1) is 6.58 Å². The Hall–Kier alpha value is -3.02. The van der Waals surface area contributed by atoms with Crippen molar-refractivity contribution in [1.82, 2.24) is 9.55 Å². The summed E-state index contributed by atoms with van der Waals surface area (Å²) in [5.41, 5.74) is 5.46. The van der Waals surface area contributed by atoms with E-state index in [1.165, 1.54) is 11.1 Å². The number of benzene rings is 3. The molecule has 0 amide bonds. The van der Waals surface area contributed by atoms with Crippen LogP contribution in [0.4, 0.5) is 0 Å². The lowest BCUT2D eigenvalue weighted by Gasteiger charge is -2.17. The fourth-order valence-electron chi connectivity index (χ4n) is 3.68. The zero-order valence-corrected chi connectivity index (χ0v) is 19.1. The van der Waals surface area contributed by atoms with E-state index in [1.807, 2.05) is 60.7 Å². The van der Waals surface area contributed by atoms with Gasteiger partial charge in [-0.1, -0.05) is 78.0 Å². The monoisotopic (exact) mass is 444 g/mol. The summed E-state index contributed by atoms with van der Waals surface area (Å²) in [7, 11) is 0. The Balaban J connectivity index is 1.48. The average molecular weight is 445 g/mol. The number of hydrogen-bond donors (Lipinski definition) is 1. The Morgan fingerprint density at radius 1 is 1.09 bits per heavy atom. The molecule has 32 heavy (non-hydrogen) atoms. The normalized spacial score (nSPS) is 12.1. The molecule has 0 bridgehead atoms. The zero-order valence-electron chi connectivity index (χ0n) is 18.3. The number of allylic oxidation sites excluding steroid dienone is 1. The van der Waals surface area contributed by atoms with Crippen molar-refractivity contribution in [2.24, 2.45) is 0 Å². The van der Waals surface area contributed by atoms with Crippen molar-refractivity contribution in [3.63, 3.8) is 0 Å². The molecule has 0 aliphatic rings. The van der Waals surface area contributed by atoms with E-state index in [0.29, 0.717) is 6.54 Å². The number of fused-ring (bicyclic) bond motifs is 1. The molecule has 4 rings (SSSR count). The van der Waals surface area contributed by atoms with Crippen LogP contribution >= 0.6 is 11.8 Å². The lowest BCUT2D eigenvalue weighted by molar-refractivity contribution is 0.0910. The fourth-order valence-corrected chi connectivity index (χ4v) is 4.66. The number of nitrogens with zero attached hydrogens (tertiary/aromatic N) is 2. The van der Waals surface area contributed by atoms with Gasteiger partial charge in [0.05, 0.1) is 17.6 Å². The molecule has 0 radical (unpaired) electrons. The minimum absolute atomic E-state index is 0.211. The van der Waals surface area contributed by atoms with Gasteiger partial charge in [0.2, 0.25) is 0 Å². The molecule has 0 saturated carbocycles. The van der Waals surface area contributed by atoms with Crippen molar-refractivity contribution in [3.05, 3.63) is 102 Å². The van der Waals surface area contributed by atoms with Crippen LogP contribution in [-0.4, -0.2) is 27.4 Å². The van der Waals surface area contributed by atoms with E-state index in [-0.39, 0.29) is 6.61 Å². The van der Waals surface area contributed by atoms with Gasteiger partial charge in [-0.05, 0) is 42.7 Å². The summed E-state index contributed by atoms with van der Waals surface area (Å²) in [6.45, 7) is 6.52. The van der Waals surface area contributed by atoms with Crippen molar-refractivity contribution in [3.8, 4) is 5.75 Å². The smallest absolute Gasteiger partial charge is 0.169 e. The summed E-state index contributed by atoms with van der Waals surface area (Å²) in [4.78, 5) is 4.81. The SMILES string of the molecule is C=CCc1cc(C)ccc1OCC(O)Cn1c(SCc2ccccc2)nc2ccccc21. The maximum Gasteiger partial charge on any atom is 0.169 e. The second kappa shape index (κ2) is 10.5. The van der Waals surface area contributed by atoms with Gasteiger partial charge in [-0.3, -0.25) is 0 Å². The minimum Gasteiger partial charge on any atom is -0.491 e. The van der Waals surface area contributed by atoms with E-state index in [9.17, 15) is 5.11 Å². The van der Waals surface area contributed by atoms with E-state index in [2.05, 4.69) is 36.3 Å². The van der Waals surface area contributed by atoms with Gasteiger partial charge in [0.15, 0.2) is 5.16 Å². The van der Waals surface area contributed by atoms with Crippen LogP contribution in [0.15, 0.2) is 90.6 Å². The van der Waals surface area contributed by atoms with Crippen LogP contribution in [-0.2, 0) is 18.7 Å². The molecule has 4 aromatic rings. The molecule has 1 N–H and O–H groups in total. The molecule has 0 spiro atoms. The predicted molar refractivity (Wildman–Crippen MR) is 132 cm³/mol. The summed E-state index contributed by atoms with van der Waals surface area (Å²) in [5.74, 6) is 1.62. The number of ether oxygens (including phenoxy) is 1. The lowest BCUT2D eigenvalue weighted by Crippen LogP contribution is -2.24. The Kier molecular flexibility index (Phi) is 7.30. The van der Waals surface area contributed by atoms with E-state index in [4.69, 9.17) is 9.72 Å². The van der Waals surface area contributed by atoms with E-state index >= 15 is 0 Å². The topological polar surface area (TPSA) is 47.3 Å². The molecule has 0 aliphatic carbocycles. The molecule has 0 aliphatic heterocycles. The molecule has 5 heteroatoms. The standard InChI is InChI=1S/C27H28N2O2S/c1-3-9-22-16-20(2)14-15-26(22)31-18-23(30)17-29-25-13-8-7-12-24(25)28-27(29)32-19-21-10-5-4-6-11-21/h3-8,10-16,23,30H,1,9,17-19H2,2H3. The average Bonchev–Trinajstić information content (AvgIpc) is 3.15. The largest absolute Gasteiger partial charge is 0.491 e. The number of aryl methyl sites for hydroxylation is 1. The van der Waals surface area contributed by atoms with Crippen molar-refractivity contribution >= 4 is 22.8 Å². The zero-order chi connectivity index (χ0) is 22.3. The summed E-state index contributed by atoms with van der Waals surface area (Å²) in [5, 5.41) is 11.7. The Bertz CT molecular complexity index is 1190. The Labute approximate surface area is 193 Å². The van der Waals surface area contributed by atoms with Crippen LogP contribution in [0.5, 0.6) is 5.75 Å². The maximum absolute atomic E-state index is 10.8. The van der Waals surface area contributed by atoms with Crippen LogP contribution < -0.4 is 4.74 Å². The first kappa shape index (κ1) is 22.2. The molecule has 3 aromatic carbocycles. The second-order valence-corrected chi connectivity index (χ2v) is 8.78. The summed E-state index contributed by atoms with van der Waals surface area (Å²) in [6.07, 6.45) is 1.94. The third-order valence-corrected chi connectivity index (χ3v) is 6.28. The van der Waals surface area contributed by atoms with Gasteiger partial charge in [-0.2, -0.15) is 0 Å². The lowest BCUT2D eigenvalue weighted by atomic mass is 10.1. The highest BCUT2D eigenvalue weighted by Gasteiger charge is 2.16. The van der Waals surface area contributed by atoms with Gasteiger partial charge in [0, 0.05) is 5.75 Å². The molecule has 0 saturated heterocycles. The van der Waals surface area contributed by atoms with E-state index < -0.39 is 6.10 Å². The number of thioether (sulfide) groups is 1. The number of hydrogen-bond acceptors (Lipinski definition) is 4. The van der Waals surface area contributed by atoms with Gasteiger partial charge < -0.3 is 14.4 Å². The molecule has 4 nitrogen and oxygen atoms in total. The van der Waals surface area contributed by atoms with E-state index in [1.54, 1.807) is 11.8 Å². The molecule has 164 valence electrons. The minimum atomic E-state index is -0.665.